The van der Waals surface area contributed by atoms with Gasteiger partial charge in [0.15, 0.2) is 0 Å². The molecule has 0 unspecified atom stereocenters. The van der Waals surface area contributed by atoms with Crippen molar-refractivity contribution in [3.05, 3.63) is 36.1 Å². The molecule has 2 rings (SSSR count). The Bertz CT molecular complexity index is 465. The number of rotatable bonds is 4. The lowest BCUT2D eigenvalue weighted by atomic mass is 9.97. The largest absolute Gasteiger partial charge is 0.464 e. The summed E-state index contributed by atoms with van der Waals surface area (Å²) in [6.45, 7) is 4.14. The third kappa shape index (κ3) is 2.64. The van der Waals surface area contributed by atoms with E-state index >= 15 is 0 Å². The maximum Gasteiger partial charge on any atom is 0.134 e. The van der Waals surface area contributed by atoms with E-state index in [0.29, 0.717) is 0 Å². The van der Waals surface area contributed by atoms with Gasteiger partial charge < -0.3 is 10.2 Å². The van der Waals surface area contributed by atoms with Gasteiger partial charge in [0.1, 0.15) is 5.58 Å². The van der Waals surface area contributed by atoms with E-state index in [1.165, 1.54) is 10.9 Å². The molecule has 1 heterocycles. The summed E-state index contributed by atoms with van der Waals surface area (Å²) in [6, 6.07) is 8.17. The van der Waals surface area contributed by atoms with Crippen molar-refractivity contribution in [1.29, 1.82) is 0 Å². The Labute approximate surface area is 96.4 Å². The van der Waals surface area contributed by atoms with Crippen LogP contribution in [0.1, 0.15) is 32.3 Å². The van der Waals surface area contributed by atoms with Crippen molar-refractivity contribution in [2.45, 2.75) is 38.6 Å². The van der Waals surface area contributed by atoms with Crippen molar-refractivity contribution in [2.75, 3.05) is 0 Å². The summed E-state index contributed by atoms with van der Waals surface area (Å²) in [5.41, 5.74) is 8.16. The first-order valence-corrected chi connectivity index (χ1v) is 5.80. The zero-order valence-corrected chi connectivity index (χ0v) is 9.99. The van der Waals surface area contributed by atoms with Crippen LogP contribution < -0.4 is 5.73 Å². The molecule has 0 saturated carbocycles. The van der Waals surface area contributed by atoms with Crippen molar-refractivity contribution in [3.63, 3.8) is 0 Å². The molecule has 0 radical (unpaired) electrons. The molecule has 16 heavy (non-hydrogen) atoms. The summed E-state index contributed by atoms with van der Waals surface area (Å²) in [7, 11) is 0. The van der Waals surface area contributed by atoms with Crippen LogP contribution in [0.4, 0.5) is 0 Å². The first-order chi connectivity index (χ1) is 7.56. The van der Waals surface area contributed by atoms with E-state index in [-0.39, 0.29) is 5.54 Å². The van der Waals surface area contributed by atoms with Crippen LogP contribution in [0, 0.1) is 0 Å². The first kappa shape index (κ1) is 11.2. The minimum atomic E-state index is -0.0699. The highest BCUT2D eigenvalue weighted by Gasteiger charge is 2.11. The molecule has 2 nitrogen and oxygen atoms in total. The standard InChI is InChI=1S/C14H19NO/c1-14(2,15)9-5-6-11-10-16-13-8-4-3-7-12(11)13/h3-4,7-8,10H,5-6,9,15H2,1-2H3. The number of fused-ring (bicyclic) bond motifs is 1. The highest BCUT2D eigenvalue weighted by molar-refractivity contribution is 5.80. The third-order valence-corrected chi connectivity index (χ3v) is 2.83. The number of furan rings is 1. The van der Waals surface area contributed by atoms with Crippen LogP contribution in [0.5, 0.6) is 0 Å². The van der Waals surface area contributed by atoms with Crippen molar-refractivity contribution in [1.82, 2.24) is 0 Å². The molecule has 0 fully saturated rings. The minimum Gasteiger partial charge on any atom is -0.464 e. The summed E-state index contributed by atoms with van der Waals surface area (Å²) < 4.78 is 5.50. The number of hydrogen-bond donors (Lipinski definition) is 1. The van der Waals surface area contributed by atoms with Gasteiger partial charge in [-0.15, -0.1) is 0 Å². The number of benzene rings is 1. The van der Waals surface area contributed by atoms with Crippen molar-refractivity contribution in [2.24, 2.45) is 5.73 Å². The summed E-state index contributed by atoms with van der Waals surface area (Å²) in [4.78, 5) is 0. The smallest absolute Gasteiger partial charge is 0.134 e. The maximum absolute atomic E-state index is 5.96. The topological polar surface area (TPSA) is 39.2 Å². The zero-order valence-electron chi connectivity index (χ0n) is 9.99. The van der Waals surface area contributed by atoms with Crippen molar-refractivity contribution < 1.29 is 4.42 Å². The van der Waals surface area contributed by atoms with Gasteiger partial charge in [-0.2, -0.15) is 0 Å². The van der Waals surface area contributed by atoms with Crippen LogP contribution in [0.25, 0.3) is 11.0 Å². The van der Waals surface area contributed by atoms with Crippen molar-refractivity contribution in [3.8, 4) is 0 Å². The Hall–Kier alpha value is -1.28. The normalized spacial score (nSPS) is 12.2. The van der Waals surface area contributed by atoms with Gasteiger partial charge in [-0.25, -0.2) is 0 Å². The minimum absolute atomic E-state index is 0.0699. The second kappa shape index (κ2) is 4.30. The van der Waals surface area contributed by atoms with Crippen LogP contribution in [0.2, 0.25) is 0 Å². The Kier molecular flexibility index (Phi) is 3.01. The molecular weight excluding hydrogens is 198 g/mol. The van der Waals surface area contributed by atoms with Gasteiger partial charge in [0.25, 0.3) is 0 Å². The van der Waals surface area contributed by atoms with E-state index in [4.69, 9.17) is 10.2 Å². The van der Waals surface area contributed by atoms with E-state index in [2.05, 4.69) is 19.9 Å². The second-order valence-corrected chi connectivity index (χ2v) is 5.10. The molecule has 0 saturated heterocycles. The molecule has 0 aliphatic carbocycles. The van der Waals surface area contributed by atoms with Gasteiger partial charge in [-0.1, -0.05) is 18.2 Å². The SMILES string of the molecule is CC(C)(N)CCCc1coc2ccccc12. The quantitative estimate of drug-likeness (QED) is 0.851. The lowest BCUT2D eigenvalue weighted by molar-refractivity contribution is 0.458. The number of aryl methyl sites for hydroxylation is 1. The van der Waals surface area contributed by atoms with Crippen LogP contribution in [-0.2, 0) is 6.42 Å². The lowest BCUT2D eigenvalue weighted by Crippen LogP contribution is -2.31. The molecular formula is C14H19NO. The van der Waals surface area contributed by atoms with Crippen LogP contribution in [0.3, 0.4) is 0 Å². The Balaban J connectivity index is 2.05. The highest BCUT2D eigenvalue weighted by Crippen LogP contribution is 2.23. The lowest BCUT2D eigenvalue weighted by Gasteiger charge is -2.17. The van der Waals surface area contributed by atoms with Crippen LogP contribution in [0.15, 0.2) is 34.9 Å². The van der Waals surface area contributed by atoms with Gasteiger partial charge in [0.05, 0.1) is 6.26 Å². The molecule has 0 bridgehead atoms. The molecule has 2 N–H and O–H groups in total. The summed E-state index contributed by atoms with van der Waals surface area (Å²) in [6.07, 6.45) is 5.05. The van der Waals surface area contributed by atoms with Gasteiger partial charge in [-0.05, 0) is 44.7 Å². The van der Waals surface area contributed by atoms with E-state index in [1.54, 1.807) is 0 Å². The van der Waals surface area contributed by atoms with E-state index in [9.17, 15) is 0 Å². The molecule has 0 spiro atoms. The zero-order chi connectivity index (χ0) is 11.6. The van der Waals surface area contributed by atoms with E-state index in [0.717, 1.165) is 24.8 Å². The predicted molar refractivity (Wildman–Crippen MR) is 67.4 cm³/mol. The molecule has 2 heteroatoms. The first-order valence-electron chi connectivity index (χ1n) is 5.80. The van der Waals surface area contributed by atoms with Crippen LogP contribution in [-0.4, -0.2) is 5.54 Å². The number of nitrogens with two attached hydrogens (primary N) is 1. The molecule has 1 aromatic carbocycles. The Morgan fingerprint density at radius 2 is 2.00 bits per heavy atom. The molecule has 2 aromatic rings. The van der Waals surface area contributed by atoms with Gasteiger partial charge in [0.2, 0.25) is 0 Å². The summed E-state index contributed by atoms with van der Waals surface area (Å²) >= 11 is 0. The summed E-state index contributed by atoms with van der Waals surface area (Å²) in [5.74, 6) is 0. The Morgan fingerprint density at radius 3 is 2.75 bits per heavy atom. The second-order valence-electron chi connectivity index (χ2n) is 5.10. The average molecular weight is 217 g/mol. The van der Waals surface area contributed by atoms with Gasteiger partial charge in [-0.3, -0.25) is 0 Å². The van der Waals surface area contributed by atoms with E-state index in [1.807, 2.05) is 24.5 Å². The molecule has 0 atom stereocenters. The van der Waals surface area contributed by atoms with Crippen molar-refractivity contribution >= 4 is 11.0 Å². The van der Waals surface area contributed by atoms with Crippen LogP contribution >= 0.6 is 0 Å². The maximum atomic E-state index is 5.96. The Morgan fingerprint density at radius 1 is 1.25 bits per heavy atom. The average Bonchev–Trinajstić information content (AvgIpc) is 2.60. The molecule has 0 aliphatic heterocycles. The van der Waals surface area contributed by atoms with Gasteiger partial charge >= 0.3 is 0 Å². The third-order valence-electron chi connectivity index (χ3n) is 2.83. The fourth-order valence-electron chi connectivity index (χ4n) is 1.96. The monoisotopic (exact) mass is 217 g/mol. The van der Waals surface area contributed by atoms with Gasteiger partial charge in [0, 0.05) is 10.9 Å². The van der Waals surface area contributed by atoms with E-state index < -0.39 is 0 Å². The fraction of sp³-hybridized carbons (Fsp3) is 0.429. The number of hydrogen-bond acceptors (Lipinski definition) is 2. The molecule has 1 aromatic heterocycles. The predicted octanol–water partition coefficient (Wildman–Crippen LogP) is 3.49. The number of para-hydroxylation sites is 1. The highest BCUT2D eigenvalue weighted by atomic mass is 16.3. The molecule has 0 aliphatic rings. The fourth-order valence-corrected chi connectivity index (χ4v) is 1.96. The molecule has 0 amide bonds. The summed E-state index contributed by atoms with van der Waals surface area (Å²) in [5, 5.41) is 1.23. The molecule has 86 valence electrons.